The summed E-state index contributed by atoms with van der Waals surface area (Å²) in [5, 5.41) is 29.0. The summed E-state index contributed by atoms with van der Waals surface area (Å²) in [4.78, 5) is 26.6. The number of carbonyl (C=O) groups excluding carboxylic acids is 2. The molecule has 0 aliphatic rings. The fraction of sp³-hybridized carbons (Fsp3) is 0.913. The van der Waals surface area contributed by atoms with Crippen LogP contribution < -0.4 is 0 Å². The molecular weight excluding hydrogens is 478 g/mol. The molecule has 0 aromatic heterocycles. The second-order valence-electron chi connectivity index (χ2n) is 8.92. The molecule has 0 rings (SSSR count). The second kappa shape index (κ2) is 18.0. The standard InChI is InChI=1S/C23H47NO10Si/c1-7-9-12-23(3,11-8-2)21(28)33-17-19(26)15-24(22(29)34-18-20(27)16-25)13-10-14-35(30-4,31-5)32-6/h19-20,25-27H,7-18H2,1-6H3. The molecule has 1 amide bonds. The number of rotatable bonds is 20. The molecule has 35 heavy (non-hydrogen) atoms. The fourth-order valence-electron chi connectivity index (χ4n) is 3.71. The average Bonchev–Trinajstić information content (AvgIpc) is 2.86. The molecule has 12 heteroatoms. The van der Waals surface area contributed by atoms with Gasteiger partial charge < -0.3 is 43.0 Å². The summed E-state index contributed by atoms with van der Waals surface area (Å²) in [5.41, 5.74) is -0.613. The molecule has 3 atom stereocenters. The summed E-state index contributed by atoms with van der Waals surface area (Å²) < 4.78 is 26.7. The van der Waals surface area contributed by atoms with Crippen molar-refractivity contribution in [1.82, 2.24) is 4.90 Å². The van der Waals surface area contributed by atoms with E-state index in [-0.39, 0.29) is 25.7 Å². The van der Waals surface area contributed by atoms with Crippen molar-refractivity contribution in [2.75, 3.05) is 54.2 Å². The maximum atomic E-state index is 12.7. The highest BCUT2D eigenvalue weighted by Gasteiger charge is 2.38. The van der Waals surface area contributed by atoms with Gasteiger partial charge in [-0.2, -0.15) is 0 Å². The Bertz CT molecular complexity index is 584. The number of amides is 1. The third-order valence-electron chi connectivity index (χ3n) is 5.93. The first-order valence-electron chi connectivity index (χ1n) is 12.3. The summed E-state index contributed by atoms with van der Waals surface area (Å²) in [6, 6.07) is 0.414. The Hall–Kier alpha value is -1.28. The highest BCUT2D eigenvalue weighted by molar-refractivity contribution is 6.60. The molecule has 3 unspecified atom stereocenters. The van der Waals surface area contributed by atoms with Crippen LogP contribution in [0.25, 0.3) is 0 Å². The number of carbonyl (C=O) groups is 2. The van der Waals surface area contributed by atoms with E-state index >= 15 is 0 Å². The van der Waals surface area contributed by atoms with E-state index in [0.29, 0.717) is 25.3 Å². The predicted octanol–water partition coefficient (Wildman–Crippen LogP) is 1.95. The van der Waals surface area contributed by atoms with Gasteiger partial charge in [0.15, 0.2) is 0 Å². The molecule has 0 spiro atoms. The van der Waals surface area contributed by atoms with Crippen molar-refractivity contribution in [3.8, 4) is 0 Å². The van der Waals surface area contributed by atoms with Gasteiger partial charge in [0.05, 0.1) is 18.6 Å². The minimum atomic E-state index is -2.86. The lowest BCUT2D eigenvalue weighted by Gasteiger charge is -2.29. The largest absolute Gasteiger partial charge is 0.500 e. The minimum absolute atomic E-state index is 0.151. The Morgan fingerprint density at radius 1 is 0.914 bits per heavy atom. The van der Waals surface area contributed by atoms with Crippen molar-refractivity contribution in [2.45, 2.75) is 77.5 Å². The van der Waals surface area contributed by atoms with Crippen molar-refractivity contribution < 1.29 is 47.7 Å². The zero-order chi connectivity index (χ0) is 26.9. The van der Waals surface area contributed by atoms with Crippen LogP contribution in [0, 0.1) is 5.41 Å². The highest BCUT2D eigenvalue weighted by atomic mass is 28.4. The van der Waals surface area contributed by atoms with Crippen LogP contribution in [0.1, 0.15) is 59.3 Å². The predicted molar refractivity (Wildman–Crippen MR) is 132 cm³/mol. The van der Waals surface area contributed by atoms with Crippen molar-refractivity contribution in [2.24, 2.45) is 5.41 Å². The Balaban J connectivity index is 5.12. The number of unbranched alkanes of at least 4 members (excludes halogenated alkanes) is 1. The maximum absolute atomic E-state index is 12.7. The van der Waals surface area contributed by atoms with Crippen LogP contribution in [0.5, 0.6) is 0 Å². The lowest BCUT2D eigenvalue weighted by Crippen LogP contribution is -2.45. The van der Waals surface area contributed by atoms with E-state index in [9.17, 15) is 19.8 Å². The van der Waals surface area contributed by atoms with Crippen LogP contribution in [0.4, 0.5) is 4.79 Å². The molecule has 208 valence electrons. The molecule has 0 aliphatic heterocycles. The van der Waals surface area contributed by atoms with Crippen molar-refractivity contribution in [3.05, 3.63) is 0 Å². The molecular formula is C23H47NO10Si. The third kappa shape index (κ3) is 12.5. The lowest BCUT2D eigenvalue weighted by atomic mass is 9.81. The van der Waals surface area contributed by atoms with Gasteiger partial charge in [0, 0.05) is 33.9 Å². The first-order valence-corrected chi connectivity index (χ1v) is 14.2. The van der Waals surface area contributed by atoms with Gasteiger partial charge in [-0.25, -0.2) is 4.79 Å². The van der Waals surface area contributed by atoms with E-state index in [4.69, 9.17) is 27.9 Å². The van der Waals surface area contributed by atoms with Crippen molar-refractivity contribution in [3.63, 3.8) is 0 Å². The first-order chi connectivity index (χ1) is 16.6. The van der Waals surface area contributed by atoms with Crippen LogP contribution in [0.15, 0.2) is 0 Å². The molecule has 0 saturated carbocycles. The Morgan fingerprint density at radius 2 is 1.51 bits per heavy atom. The molecule has 0 saturated heterocycles. The number of aliphatic hydroxyl groups excluding tert-OH is 3. The lowest BCUT2D eigenvalue weighted by molar-refractivity contribution is -0.159. The zero-order valence-electron chi connectivity index (χ0n) is 22.3. The number of ether oxygens (including phenoxy) is 2. The fourth-order valence-corrected chi connectivity index (χ4v) is 5.42. The smallest absolute Gasteiger partial charge is 0.462 e. The second-order valence-corrected chi connectivity index (χ2v) is 12.0. The average molecular weight is 526 g/mol. The SMILES string of the molecule is CCCCC(C)(CCC)C(=O)OCC(O)CN(CCC[Si](OC)(OC)OC)C(=O)OCC(O)CO. The molecule has 0 fully saturated rings. The molecule has 0 radical (unpaired) electrons. The van der Waals surface area contributed by atoms with E-state index in [2.05, 4.69) is 6.92 Å². The summed E-state index contributed by atoms with van der Waals surface area (Å²) >= 11 is 0. The summed E-state index contributed by atoms with van der Waals surface area (Å²) in [5.74, 6) is -0.358. The van der Waals surface area contributed by atoms with Gasteiger partial charge in [-0.05, 0) is 26.2 Å². The Morgan fingerprint density at radius 3 is 2.03 bits per heavy atom. The summed E-state index contributed by atoms with van der Waals surface area (Å²) in [6.45, 7) is 4.77. The molecule has 11 nitrogen and oxygen atoms in total. The van der Waals surface area contributed by atoms with Crippen LogP contribution >= 0.6 is 0 Å². The quantitative estimate of drug-likeness (QED) is 0.159. The van der Waals surface area contributed by atoms with Gasteiger partial charge in [-0.1, -0.05) is 33.1 Å². The molecule has 0 aliphatic carbocycles. The Kier molecular flexibility index (Phi) is 17.4. The van der Waals surface area contributed by atoms with E-state index in [0.717, 1.165) is 19.3 Å². The molecule has 0 bridgehead atoms. The van der Waals surface area contributed by atoms with Crippen LogP contribution in [-0.4, -0.2) is 108 Å². The van der Waals surface area contributed by atoms with Crippen molar-refractivity contribution >= 4 is 20.9 Å². The first kappa shape index (κ1) is 33.7. The topological polar surface area (TPSA) is 144 Å². The van der Waals surface area contributed by atoms with Gasteiger partial charge >= 0.3 is 20.9 Å². The number of aliphatic hydroxyl groups is 3. The number of hydrogen-bond donors (Lipinski definition) is 3. The van der Waals surface area contributed by atoms with Gasteiger partial charge in [-0.15, -0.1) is 0 Å². The molecule has 0 aromatic carbocycles. The third-order valence-corrected chi connectivity index (χ3v) is 8.76. The monoisotopic (exact) mass is 525 g/mol. The normalized spacial score (nSPS) is 15.2. The number of hydrogen-bond acceptors (Lipinski definition) is 10. The van der Waals surface area contributed by atoms with Crippen LogP contribution in [0.3, 0.4) is 0 Å². The summed E-state index contributed by atoms with van der Waals surface area (Å²) in [6.07, 6.45) is 1.42. The molecule has 0 heterocycles. The van der Waals surface area contributed by atoms with E-state index in [1.807, 2.05) is 13.8 Å². The minimum Gasteiger partial charge on any atom is -0.462 e. The number of esters is 1. The number of nitrogens with zero attached hydrogens (tertiary/aromatic N) is 1. The van der Waals surface area contributed by atoms with Crippen LogP contribution in [0.2, 0.25) is 6.04 Å². The van der Waals surface area contributed by atoms with Crippen LogP contribution in [-0.2, 0) is 27.5 Å². The van der Waals surface area contributed by atoms with Gasteiger partial charge in [0.25, 0.3) is 0 Å². The molecule has 3 N–H and O–H groups in total. The maximum Gasteiger partial charge on any atom is 0.500 e. The van der Waals surface area contributed by atoms with Gasteiger partial charge in [-0.3, -0.25) is 4.79 Å². The zero-order valence-corrected chi connectivity index (χ0v) is 23.3. The summed E-state index contributed by atoms with van der Waals surface area (Å²) in [7, 11) is 1.62. The van der Waals surface area contributed by atoms with E-state index in [1.54, 1.807) is 0 Å². The van der Waals surface area contributed by atoms with Crippen molar-refractivity contribution in [1.29, 1.82) is 0 Å². The molecule has 0 aromatic rings. The highest BCUT2D eigenvalue weighted by Crippen LogP contribution is 2.31. The van der Waals surface area contributed by atoms with Gasteiger partial charge in [0.1, 0.15) is 25.4 Å². The van der Waals surface area contributed by atoms with E-state index < -0.39 is 45.7 Å². The Labute approximate surface area is 211 Å². The van der Waals surface area contributed by atoms with E-state index in [1.165, 1.54) is 26.2 Å². The van der Waals surface area contributed by atoms with Gasteiger partial charge in [0.2, 0.25) is 0 Å².